The number of aryl methyl sites for hydroxylation is 1. The van der Waals surface area contributed by atoms with Crippen LogP contribution in [0.4, 0.5) is 5.69 Å². The number of nitrogens with zero attached hydrogens (tertiary/aromatic N) is 2. The van der Waals surface area contributed by atoms with Gasteiger partial charge in [-0.25, -0.2) is 4.68 Å². The van der Waals surface area contributed by atoms with Gasteiger partial charge in [0, 0.05) is 17.7 Å². The van der Waals surface area contributed by atoms with Crippen molar-refractivity contribution >= 4 is 11.6 Å². The number of aromatic nitrogens is 2. The lowest BCUT2D eigenvalue weighted by atomic mass is 10.1. The van der Waals surface area contributed by atoms with Gasteiger partial charge in [0.15, 0.2) is 0 Å². The summed E-state index contributed by atoms with van der Waals surface area (Å²) in [5.41, 5.74) is 2.75. The van der Waals surface area contributed by atoms with Gasteiger partial charge in [0.1, 0.15) is 17.5 Å². The van der Waals surface area contributed by atoms with Gasteiger partial charge in [-0.3, -0.25) is 9.59 Å². The summed E-state index contributed by atoms with van der Waals surface area (Å²) in [6.45, 7) is 3.84. The highest BCUT2D eigenvalue weighted by molar-refractivity contribution is 5.95. The number of carbonyl (C=O) groups is 1. The van der Waals surface area contributed by atoms with Gasteiger partial charge >= 0.3 is 0 Å². The molecule has 2 aromatic carbocycles. The van der Waals surface area contributed by atoms with Crippen LogP contribution in [0.25, 0.3) is 11.3 Å². The monoisotopic (exact) mass is 407 g/mol. The van der Waals surface area contributed by atoms with E-state index in [-0.39, 0.29) is 11.5 Å². The lowest BCUT2D eigenvalue weighted by molar-refractivity contribution is -0.119. The molecule has 3 rings (SSSR count). The zero-order valence-electron chi connectivity index (χ0n) is 17.5. The Hall–Kier alpha value is -3.61. The minimum Gasteiger partial charge on any atom is -0.497 e. The largest absolute Gasteiger partial charge is 0.497 e. The summed E-state index contributed by atoms with van der Waals surface area (Å²) in [7, 11) is 3.06. The van der Waals surface area contributed by atoms with E-state index in [1.807, 2.05) is 38.1 Å². The fourth-order valence-electron chi connectivity index (χ4n) is 3.12. The number of carbonyl (C=O) groups excluding carboxylic acids is 1. The van der Waals surface area contributed by atoms with Gasteiger partial charge in [-0.2, -0.15) is 5.10 Å². The highest BCUT2D eigenvalue weighted by atomic mass is 16.5. The Balaban J connectivity index is 1.94. The fraction of sp³-hybridized carbons (Fsp3) is 0.261. The summed E-state index contributed by atoms with van der Waals surface area (Å²) in [4.78, 5) is 25.6. The molecule has 1 aromatic heterocycles. The maximum atomic E-state index is 13.0. The van der Waals surface area contributed by atoms with Crippen LogP contribution in [0, 0.1) is 6.92 Å². The zero-order valence-corrected chi connectivity index (χ0v) is 17.5. The molecule has 1 heterocycles. The molecule has 7 nitrogen and oxygen atoms in total. The standard InChI is InChI=1S/C23H25N3O4/c1-5-20(23(28)24-19-14-17(29-3)10-12-21(19)30-4)26-22(27)13-11-18(25-26)16-8-6-15(2)7-9-16/h6-14,20H,5H2,1-4H3,(H,24,28). The number of hydrogen-bond donors (Lipinski definition) is 1. The molecule has 3 aromatic rings. The number of benzene rings is 2. The molecule has 0 spiro atoms. The summed E-state index contributed by atoms with van der Waals surface area (Å²) in [6, 6.07) is 15.3. The van der Waals surface area contributed by atoms with E-state index in [2.05, 4.69) is 10.4 Å². The molecule has 0 aliphatic rings. The van der Waals surface area contributed by atoms with Crippen molar-refractivity contribution in [1.82, 2.24) is 9.78 Å². The van der Waals surface area contributed by atoms with Crippen molar-refractivity contribution in [3.8, 4) is 22.8 Å². The van der Waals surface area contributed by atoms with E-state index in [0.717, 1.165) is 11.1 Å². The third kappa shape index (κ3) is 4.51. The Kier molecular flexibility index (Phi) is 6.51. The van der Waals surface area contributed by atoms with Crippen LogP contribution >= 0.6 is 0 Å². The Morgan fingerprint density at radius 2 is 1.80 bits per heavy atom. The Morgan fingerprint density at radius 3 is 2.43 bits per heavy atom. The minimum atomic E-state index is -0.779. The maximum Gasteiger partial charge on any atom is 0.267 e. The first-order chi connectivity index (χ1) is 14.5. The molecule has 1 amide bonds. The normalized spacial score (nSPS) is 11.6. The van der Waals surface area contributed by atoms with Crippen LogP contribution < -0.4 is 20.3 Å². The third-order valence-corrected chi connectivity index (χ3v) is 4.82. The molecule has 0 radical (unpaired) electrons. The minimum absolute atomic E-state index is 0.342. The van der Waals surface area contributed by atoms with Crippen molar-refractivity contribution in [3.05, 3.63) is 70.5 Å². The summed E-state index contributed by atoms with van der Waals surface area (Å²) in [5, 5.41) is 7.31. The summed E-state index contributed by atoms with van der Waals surface area (Å²) < 4.78 is 11.8. The van der Waals surface area contributed by atoms with E-state index in [0.29, 0.717) is 29.3 Å². The van der Waals surface area contributed by atoms with Crippen LogP contribution in [0.1, 0.15) is 24.9 Å². The predicted molar refractivity (Wildman–Crippen MR) is 116 cm³/mol. The smallest absolute Gasteiger partial charge is 0.267 e. The molecule has 0 saturated heterocycles. The highest BCUT2D eigenvalue weighted by Gasteiger charge is 2.23. The van der Waals surface area contributed by atoms with Gasteiger partial charge in [0.05, 0.1) is 25.6 Å². The first-order valence-corrected chi connectivity index (χ1v) is 9.66. The Morgan fingerprint density at radius 1 is 1.07 bits per heavy atom. The average Bonchev–Trinajstić information content (AvgIpc) is 2.76. The molecule has 30 heavy (non-hydrogen) atoms. The van der Waals surface area contributed by atoms with E-state index in [9.17, 15) is 9.59 Å². The van der Waals surface area contributed by atoms with Crippen molar-refractivity contribution in [1.29, 1.82) is 0 Å². The molecule has 156 valence electrons. The quantitative estimate of drug-likeness (QED) is 0.644. The molecular formula is C23H25N3O4. The SMILES string of the molecule is CCC(C(=O)Nc1cc(OC)ccc1OC)n1nc(-c2ccc(C)cc2)ccc1=O. The molecule has 1 N–H and O–H groups in total. The molecule has 0 aliphatic heterocycles. The maximum absolute atomic E-state index is 13.0. The van der Waals surface area contributed by atoms with E-state index < -0.39 is 6.04 Å². The number of methoxy groups -OCH3 is 2. The van der Waals surface area contributed by atoms with Crippen molar-refractivity contribution in [3.63, 3.8) is 0 Å². The molecule has 1 atom stereocenters. The summed E-state index contributed by atoms with van der Waals surface area (Å²) in [5.74, 6) is 0.711. The molecular weight excluding hydrogens is 382 g/mol. The molecule has 0 fully saturated rings. The fourth-order valence-corrected chi connectivity index (χ4v) is 3.12. The predicted octanol–water partition coefficient (Wildman–Crippen LogP) is 3.83. The molecule has 0 saturated carbocycles. The Labute approximate surface area is 175 Å². The van der Waals surface area contributed by atoms with Crippen LogP contribution in [-0.4, -0.2) is 29.9 Å². The number of rotatable bonds is 7. The van der Waals surface area contributed by atoms with E-state index >= 15 is 0 Å². The summed E-state index contributed by atoms with van der Waals surface area (Å²) in [6.07, 6.45) is 0.391. The molecule has 0 bridgehead atoms. The van der Waals surface area contributed by atoms with Crippen LogP contribution in [0.3, 0.4) is 0 Å². The average molecular weight is 407 g/mol. The second-order valence-corrected chi connectivity index (χ2v) is 6.85. The van der Waals surface area contributed by atoms with Crippen LogP contribution in [-0.2, 0) is 4.79 Å². The molecule has 0 aliphatic carbocycles. The summed E-state index contributed by atoms with van der Waals surface area (Å²) >= 11 is 0. The van der Waals surface area contributed by atoms with Gasteiger partial charge in [-0.05, 0) is 31.5 Å². The Bertz CT molecular complexity index is 1090. The molecule has 7 heteroatoms. The third-order valence-electron chi connectivity index (χ3n) is 4.82. The molecule has 1 unspecified atom stereocenters. The van der Waals surface area contributed by atoms with Crippen molar-refractivity contribution in [2.75, 3.05) is 19.5 Å². The lowest BCUT2D eigenvalue weighted by Gasteiger charge is -2.19. The number of hydrogen-bond acceptors (Lipinski definition) is 5. The van der Waals surface area contributed by atoms with Gasteiger partial charge in [-0.1, -0.05) is 36.8 Å². The van der Waals surface area contributed by atoms with E-state index in [4.69, 9.17) is 9.47 Å². The van der Waals surface area contributed by atoms with Gasteiger partial charge in [0.25, 0.3) is 5.56 Å². The van der Waals surface area contributed by atoms with Gasteiger partial charge in [0.2, 0.25) is 5.91 Å². The topological polar surface area (TPSA) is 82.4 Å². The van der Waals surface area contributed by atoms with Crippen molar-refractivity contribution in [2.24, 2.45) is 0 Å². The second kappa shape index (κ2) is 9.26. The second-order valence-electron chi connectivity index (χ2n) is 6.85. The number of anilines is 1. The van der Waals surface area contributed by atoms with Gasteiger partial charge in [-0.15, -0.1) is 0 Å². The van der Waals surface area contributed by atoms with Crippen LogP contribution in [0.2, 0.25) is 0 Å². The first-order valence-electron chi connectivity index (χ1n) is 9.66. The number of ether oxygens (including phenoxy) is 2. The zero-order chi connectivity index (χ0) is 21.7. The van der Waals surface area contributed by atoms with Crippen molar-refractivity contribution < 1.29 is 14.3 Å². The number of nitrogens with one attached hydrogen (secondary N) is 1. The van der Waals surface area contributed by atoms with Crippen molar-refractivity contribution in [2.45, 2.75) is 26.3 Å². The lowest BCUT2D eigenvalue weighted by Crippen LogP contribution is -2.34. The van der Waals surface area contributed by atoms with E-state index in [1.54, 1.807) is 31.4 Å². The van der Waals surface area contributed by atoms with Crippen LogP contribution in [0.5, 0.6) is 11.5 Å². The van der Waals surface area contributed by atoms with Crippen LogP contribution in [0.15, 0.2) is 59.4 Å². The highest BCUT2D eigenvalue weighted by Crippen LogP contribution is 2.29. The van der Waals surface area contributed by atoms with E-state index in [1.165, 1.54) is 17.9 Å². The first kappa shape index (κ1) is 21.1. The van der Waals surface area contributed by atoms with Gasteiger partial charge < -0.3 is 14.8 Å². The number of amides is 1.